The molecule has 1 unspecified atom stereocenters. The van der Waals surface area contributed by atoms with E-state index in [0.29, 0.717) is 5.92 Å². The second-order valence-electron chi connectivity index (χ2n) is 4.74. The first kappa shape index (κ1) is 13.3. The lowest BCUT2D eigenvalue weighted by Crippen LogP contribution is -2.38. The quantitative estimate of drug-likeness (QED) is 0.879. The third kappa shape index (κ3) is 2.33. The van der Waals surface area contributed by atoms with Crippen LogP contribution in [0.3, 0.4) is 0 Å². The Morgan fingerprint density at radius 2 is 1.94 bits per heavy atom. The van der Waals surface area contributed by atoms with E-state index >= 15 is 0 Å². The molecule has 0 spiro atoms. The highest BCUT2D eigenvalue weighted by molar-refractivity contribution is 6.31. The average molecular weight is 242 g/mol. The highest BCUT2D eigenvalue weighted by Gasteiger charge is 2.29. The molecule has 0 aliphatic carbocycles. The molecule has 0 fully saturated rings. The van der Waals surface area contributed by atoms with E-state index in [9.17, 15) is 0 Å². The predicted molar refractivity (Wildman–Crippen MR) is 69.1 cm³/mol. The fourth-order valence-corrected chi connectivity index (χ4v) is 1.72. The van der Waals surface area contributed by atoms with Gasteiger partial charge in [-0.3, -0.25) is 0 Å². The maximum absolute atomic E-state index is 6.34. The van der Waals surface area contributed by atoms with E-state index in [-0.39, 0.29) is 0 Å². The van der Waals surface area contributed by atoms with Crippen molar-refractivity contribution in [2.45, 2.75) is 33.2 Å². The van der Waals surface area contributed by atoms with Gasteiger partial charge in [-0.2, -0.15) is 0 Å². The van der Waals surface area contributed by atoms with Crippen LogP contribution in [0, 0.1) is 12.8 Å². The van der Waals surface area contributed by atoms with Gasteiger partial charge in [0.05, 0.1) is 7.11 Å². The van der Waals surface area contributed by atoms with Gasteiger partial charge in [-0.15, -0.1) is 0 Å². The first-order valence-electron chi connectivity index (χ1n) is 5.44. The minimum Gasteiger partial charge on any atom is -0.496 e. The third-order valence-electron chi connectivity index (χ3n) is 3.26. The van der Waals surface area contributed by atoms with Crippen LogP contribution in [0.25, 0.3) is 0 Å². The highest BCUT2D eigenvalue weighted by atomic mass is 35.5. The molecular formula is C13H20ClNO. The van der Waals surface area contributed by atoms with Gasteiger partial charge in [0.2, 0.25) is 0 Å². The van der Waals surface area contributed by atoms with Crippen molar-refractivity contribution in [3.05, 3.63) is 28.3 Å². The number of methoxy groups -OCH3 is 1. The molecule has 0 aliphatic heterocycles. The minimum atomic E-state index is -0.442. The molecule has 0 radical (unpaired) electrons. The maximum atomic E-state index is 6.34. The average Bonchev–Trinajstić information content (AvgIpc) is 2.20. The maximum Gasteiger partial charge on any atom is 0.124 e. The zero-order valence-corrected chi connectivity index (χ0v) is 11.4. The topological polar surface area (TPSA) is 35.2 Å². The van der Waals surface area contributed by atoms with Gasteiger partial charge in [-0.1, -0.05) is 25.4 Å². The Morgan fingerprint density at radius 3 is 2.38 bits per heavy atom. The summed E-state index contributed by atoms with van der Waals surface area (Å²) in [6.07, 6.45) is 0. The van der Waals surface area contributed by atoms with Crippen molar-refractivity contribution in [3.8, 4) is 5.75 Å². The van der Waals surface area contributed by atoms with Gasteiger partial charge in [0.1, 0.15) is 5.75 Å². The summed E-state index contributed by atoms with van der Waals surface area (Å²) in [5.41, 5.74) is 7.86. The molecule has 2 N–H and O–H groups in total. The van der Waals surface area contributed by atoms with Crippen LogP contribution in [0.1, 0.15) is 31.9 Å². The largest absolute Gasteiger partial charge is 0.496 e. The lowest BCUT2D eigenvalue weighted by atomic mass is 9.82. The molecule has 1 atom stereocenters. The monoisotopic (exact) mass is 241 g/mol. The van der Waals surface area contributed by atoms with Gasteiger partial charge in [-0.05, 0) is 37.5 Å². The van der Waals surface area contributed by atoms with Crippen molar-refractivity contribution in [1.29, 1.82) is 0 Å². The van der Waals surface area contributed by atoms with Gasteiger partial charge in [0, 0.05) is 16.1 Å². The molecule has 0 amide bonds. The number of halogens is 1. The number of aryl methyl sites for hydroxylation is 1. The van der Waals surface area contributed by atoms with Gasteiger partial charge < -0.3 is 10.5 Å². The van der Waals surface area contributed by atoms with Gasteiger partial charge in [0.25, 0.3) is 0 Å². The molecule has 1 aromatic carbocycles. The Balaban J connectivity index is 3.37. The normalized spacial score (nSPS) is 15.0. The van der Waals surface area contributed by atoms with Crippen molar-refractivity contribution >= 4 is 11.6 Å². The van der Waals surface area contributed by atoms with E-state index in [1.54, 1.807) is 7.11 Å². The molecule has 1 aromatic rings. The van der Waals surface area contributed by atoms with E-state index in [0.717, 1.165) is 21.9 Å². The first-order chi connectivity index (χ1) is 7.30. The Hall–Kier alpha value is -0.730. The van der Waals surface area contributed by atoms with Crippen LogP contribution in [0.5, 0.6) is 5.75 Å². The van der Waals surface area contributed by atoms with Gasteiger partial charge in [0.15, 0.2) is 0 Å². The second-order valence-corrected chi connectivity index (χ2v) is 5.15. The van der Waals surface area contributed by atoms with Gasteiger partial charge >= 0.3 is 0 Å². The Bertz CT molecular complexity index is 386. The number of hydrogen-bond acceptors (Lipinski definition) is 2. The van der Waals surface area contributed by atoms with E-state index < -0.39 is 5.54 Å². The van der Waals surface area contributed by atoms with Crippen LogP contribution in [0.2, 0.25) is 5.02 Å². The van der Waals surface area contributed by atoms with Crippen LogP contribution in [-0.4, -0.2) is 7.11 Å². The second kappa shape index (κ2) is 4.64. The van der Waals surface area contributed by atoms with Crippen LogP contribution in [-0.2, 0) is 5.54 Å². The summed E-state index contributed by atoms with van der Waals surface area (Å²) in [5.74, 6) is 1.11. The molecule has 0 bridgehead atoms. The molecular weight excluding hydrogens is 222 g/mol. The number of ether oxygens (including phenoxy) is 1. The van der Waals surface area contributed by atoms with Crippen LogP contribution >= 0.6 is 11.6 Å². The lowest BCUT2D eigenvalue weighted by molar-refractivity contribution is 0.326. The van der Waals surface area contributed by atoms with E-state index in [4.69, 9.17) is 22.1 Å². The van der Waals surface area contributed by atoms with Crippen molar-refractivity contribution in [2.75, 3.05) is 7.11 Å². The summed E-state index contributed by atoms with van der Waals surface area (Å²) in [6, 6.07) is 3.85. The summed E-state index contributed by atoms with van der Waals surface area (Å²) >= 11 is 6.14. The first-order valence-corrected chi connectivity index (χ1v) is 5.82. The lowest BCUT2D eigenvalue weighted by Gasteiger charge is -2.31. The van der Waals surface area contributed by atoms with Crippen LogP contribution in [0.15, 0.2) is 12.1 Å². The Kier molecular flexibility index (Phi) is 3.87. The van der Waals surface area contributed by atoms with E-state index in [2.05, 4.69) is 13.8 Å². The summed E-state index contributed by atoms with van der Waals surface area (Å²) in [5, 5.41) is 0.730. The molecule has 0 aliphatic rings. The van der Waals surface area contributed by atoms with Gasteiger partial charge in [-0.25, -0.2) is 0 Å². The molecule has 0 saturated heterocycles. The fourth-order valence-electron chi connectivity index (χ4n) is 1.56. The van der Waals surface area contributed by atoms with Crippen LogP contribution < -0.4 is 10.5 Å². The predicted octanol–water partition coefficient (Wildman–Crippen LogP) is 3.49. The number of nitrogens with two attached hydrogens (primary N) is 1. The third-order valence-corrected chi connectivity index (χ3v) is 3.67. The molecule has 90 valence electrons. The smallest absolute Gasteiger partial charge is 0.124 e. The summed E-state index contributed by atoms with van der Waals surface area (Å²) in [4.78, 5) is 0. The molecule has 16 heavy (non-hydrogen) atoms. The highest BCUT2D eigenvalue weighted by Crippen LogP contribution is 2.36. The Labute approximate surface area is 103 Å². The molecule has 2 nitrogen and oxygen atoms in total. The molecule has 0 saturated carbocycles. The molecule has 3 heteroatoms. The van der Waals surface area contributed by atoms with Crippen molar-refractivity contribution in [3.63, 3.8) is 0 Å². The number of benzene rings is 1. The van der Waals surface area contributed by atoms with Crippen molar-refractivity contribution < 1.29 is 4.74 Å². The number of rotatable bonds is 3. The summed E-state index contributed by atoms with van der Waals surface area (Å²) in [6.45, 7) is 8.14. The van der Waals surface area contributed by atoms with Crippen LogP contribution in [0.4, 0.5) is 0 Å². The zero-order valence-electron chi connectivity index (χ0n) is 10.6. The fraction of sp³-hybridized carbons (Fsp3) is 0.538. The zero-order chi connectivity index (χ0) is 12.5. The summed E-state index contributed by atoms with van der Waals surface area (Å²) in [7, 11) is 1.66. The molecule has 0 heterocycles. The number of hydrogen-bond donors (Lipinski definition) is 1. The Morgan fingerprint density at radius 1 is 1.38 bits per heavy atom. The molecule has 0 aromatic heterocycles. The van der Waals surface area contributed by atoms with Crippen molar-refractivity contribution in [2.24, 2.45) is 11.7 Å². The van der Waals surface area contributed by atoms with E-state index in [1.165, 1.54) is 0 Å². The molecule has 1 rings (SSSR count). The minimum absolute atomic E-state index is 0.306. The SMILES string of the molecule is COc1cc(C)c(Cl)cc1C(C)(N)C(C)C. The van der Waals surface area contributed by atoms with Crippen molar-refractivity contribution in [1.82, 2.24) is 0 Å². The summed E-state index contributed by atoms with van der Waals surface area (Å²) < 4.78 is 5.38. The standard InChI is InChI=1S/C13H20ClNO/c1-8(2)13(4,15)10-7-11(14)9(3)6-12(10)16-5/h6-8H,15H2,1-5H3. The van der Waals surface area contributed by atoms with E-state index in [1.807, 2.05) is 26.0 Å².